The van der Waals surface area contributed by atoms with Crippen molar-refractivity contribution in [2.45, 2.75) is 38.0 Å². The highest BCUT2D eigenvalue weighted by Gasteiger charge is 2.40. The second-order valence-electron chi connectivity index (χ2n) is 7.39. The topological polar surface area (TPSA) is 45.3 Å². The van der Waals surface area contributed by atoms with Crippen molar-refractivity contribution in [1.82, 2.24) is 9.88 Å². The summed E-state index contributed by atoms with van der Waals surface area (Å²) in [7, 11) is 0. The van der Waals surface area contributed by atoms with E-state index < -0.39 is 0 Å². The maximum absolute atomic E-state index is 12.7. The molecule has 4 heteroatoms. The number of para-hydroxylation sites is 1. The fraction of sp³-hybridized carbons (Fsp3) is 0.261. The van der Waals surface area contributed by atoms with E-state index in [4.69, 9.17) is 4.74 Å². The van der Waals surface area contributed by atoms with Crippen LogP contribution in [0.15, 0.2) is 66.9 Å². The maximum atomic E-state index is 12.7. The molecule has 2 unspecified atom stereocenters. The number of hydrogen-bond acceptors (Lipinski definition) is 2. The summed E-state index contributed by atoms with van der Waals surface area (Å²) < 4.78 is 5.60. The minimum atomic E-state index is -0.194. The van der Waals surface area contributed by atoms with Gasteiger partial charge in [0.2, 0.25) is 0 Å². The average molecular weight is 358 g/mol. The first-order chi connectivity index (χ1) is 13.3. The highest BCUT2D eigenvalue weighted by Crippen LogP contribution is 2.40. The molecule has 1 fully saturated rings. The summed E-state index contributed by atoms with van der Waals surface area (Å²) in [6.07, 6.45) is 7.10. The molecule has 2 bridgehead atoms. The normalized spacial score (nSPS) is 21.3. The molecule has 0 radical (unpaired) electrons. The molecule has 1 saturated heterocycles. The first kappa shape index (κ1) is 16.2. The highest BCUT2D eigenvalue weighted by atomic mass is 16.6. The third-order valence-corrected chi connectivity index (χ3v) is 5.75. The predicted octanol–water partition coefficient (Wildman–Crippen LogP) is 5.12. The summed E-state index contributed by atoms with van der Waals surface area (Å²) in [6, 6.07) is 18.6. The van der Waals surface area contributed by atoms with E-state index >= 15 is 0 Å². The number of nitrogens with one attached hydrogen (secondary N) is 1. The number of benzene rings is 2. The van der Waals surface area contributed by atoms with Gasteiger partial charge in [-0.25, -0.2) is 4.79 Å². The number of rotatable bonds is 3. The third-order valence-electron chi connectivity index (χ3n) is 5.75. The molecule has 3 heterocycles. The number of fused-ring (bicyclic) bond motifs is 3. The number of hydrogen-bond donors (Lipinski definition) is 1. The number of aromatic amines is 1. The van der Waals surface area contributed by atoms with Gasteiger partial charge in [-0.3, -0.25) is 4.90 Å². The van der Waals surface area contributed by atoms with Crippen molar-refractivity contribution >= 4 is 22.6 Å². The Labute approximate surface area is 158 Å². The molecule has 1 aromatic heterocycles. The van der Waals surface area contributed by atoms with Crippen LogP contribution < -0.4 is 0 Å². The Morgan fingerprint density at radius 3 is 2.74 bits per heavy atom. The lowest BCUT2D eigenvalue weighted by Gasteiger charge is -2.33. The molecular weight excluding hydrogens is 336 g/mol. The molecule has 0 spiro atoms. The molecule has 2 aliphatic heterocycles. The van der Waals surface area contributed by atoms with Gasteiger partial charge in [-0.15, -0.1) is 0 Å². The van der Waals surface area contributed by atoms with E-state index in [1.54, 1.807) is 0 Å². The standard InChI is InChI=1S/C23H22N2O2/c26-23(27-15-16-6-2-1-3-7-16)25-18-10-11-19(25)13-17(12-18)21-14-24-22-9-5-4-8-20(21)22/h1-9,12,14,18-19,24H,10-11,13,15H2. The smallest absolute Gasteiger partial charge is 0.410 e. The van der Waals surface area contributed by atoms with Gasteiger partial charge >= 0.3 is 6.09 Å². The first-order valence-electron chi connectivity index (χ1n) is 9.56. The number of ether oxygens (including phenoxy) is 1. The van der Waals surface area contributed by atoms with Crippen molar-refractivity contribution in [3.05, 3.63) is 78.0 Å². The summed E-state index contributed by atoms with van der Waals surface area (Å²) in [6.45, 7) is 0.328. The van der Waals surface area contributed by atoms with E-state index in [0.29, 0.717) is 6.61 Å². The Bertz CT molecular complexity index is 1010. The van der Waals surface area contributed by atoms with Crippen LogP contribution in [0.3, 0.4) is 0 Å². The minimum Gasteiger partial charge on any atom is -0.445 e. The van der Waals surface area contributed by atoms with Crippen LogP contribution in [-0.4, -0.2) is 28.1 Å². The van der Waals surface area contributed by atoms with Crippen LogP contribution in [0.1, 0.15) is 30.4 Å². The second kappa shape index (κ2) is 6.62. The van der Waals surface area contributed by atoms with Gasteiger partial charge in [0, 0.05) is 28.7 Å². The number of carbonyl (C=O) groups excluding carboxylic acids is 1. The van der Waals surface area contributed by atoms with E-state index in [1.165, 1.54) is 16.5 Å². The Balaban J connectivity index is 1.35. The van der Waals surface area contributed by atoms with Crippen LogP contribution in [0.25, 0.3) is 16.5 Å². The van der Waals surface area contributed by atoms with E-state index in [9.17, 15) is 4.79 Å². The summed E-state index contributed by atoms with van der Waals surface area (Å²) in [5.41, 5.74) is 4.78. The molecule has 27 heavy (non-hydrogen) atoms. The number of carbonyl (C=O) groups is 1. The molecule has 3 aromatic rings. The van der Waals surface area contributed by atoms with E-state index in [1.807, 2.05) is 41.3 Å². The van der Waals surface area contributed by atoms with E-state index in [0.717, 1.165) is 30.3 Å². The Hall–Kier alpha value is -3.01. The lowest BCUT2D eigenvalue weighted by Crippen LogP contribution is -2.43. The fourth-order valence-corrected chi connectivity index (χ4v) is 4.45. The number of aromatic nitrogens is 1. The van der Waals surface area contributed by atoms with Crippen molar-refractivity contribution in [1.29, 1.82) is 0 Å². The molecule has 0 saturated carbocycles. The van der Waals surface area contributed by atoms with Gasteiger partial charge in [0.1, 0.15) is 6.61 Å². The highest BCUT2D eigenvalue weighted by molar-refractivity contribution is 5.93. The zero-order chi connectivity index (χ0) is 18.2. The SMILES string of the molecule is O=C(OCc1ccccc1)N1C2C=C(c3c[nH]c4ccccc34)CC1CC2. The van der Waals surface area contributed by atoms with E-state index in [-0.39, 0.29) is 18.2 Å². The predicted molar refractivity (Wildman–Crippen MR) is 106 cm³/mol. The average Bonchev–Trinajstić information content (AvgIpc) is 3.25. The quantitative estimate of drug-likeness (QED) is 0.706. The lowest BCUT2D eigenvalue weighted by atomic mass is 9.94. The third kappa shape index (κ3) is 2.91. The molecule has 136 valence electrons. The molecule has 2 aliphatic rings. The Morgan fingerprint density at radius 2 is 1.89 bits per heavy atom. The van der Waals surface area contributed by atoms with Crippen LogP contribution in [0.5, 0.6) is 0 Å². The Kier molecular flexibility index (Phi) is 3.97. The molecule has 2 atom stereocenters. The molecule has 2 aromatic carbocycles. The molecule has 5 rings (SSSR count). The van der Waals surface area contributed by atoms with Gasteiger partial charge in [-0.05, 0) is 36.5 Å². The van der Waals surface area contributed by atoms with Crippen molar-refractivity contribution in [3.63, 3.8) is 0 Å². The number of amides is 1. The lowest BCUT2D eigenvalue weighted by molar-refractivity contribution is 0.0832. The Morgan fingerprint density at radius 1 is 1.07 bits per heavy atom. The number of H-pyrrole nitrogens is 1. The molecule has 0 aliphatic carbocycles. The van der Waals surface area contributed by atoms with Crippen LogP contribution in [0.4, 0.5) is 4.79 Å². The van der Waals surface area contributed by atoms with Crippen molar-refractivity contribution in [2.75, 3.05) is 0 Å². The van der Waals surface area contributed by atoms with Crippen molar-refractivity contribution < 1.29 is 9.53 Å². The largest absolute Gasteiger partial charge is 0.445 e. The van der Waals surface area contributed by atoms with Crippen LogP contribution in [0.2, 0.25) is 0 Å². The van der Waals surface area contributed by atoms with Gasteiger partial charge in [-0.1, -0.05) is 54.6 Å². The van der Waals surface area contributed by atoms with Gasteiger partial charge in [0.15, 0.2) is 0 Å². The van der Waals surface area contributed by atoms with Crippen molar-refractivity contribution in [2.24, 2.45) is 0 Å². The molecular formula is C23H22N2O2. The summed E-state index contributed by atoms with van der Waals surface area (Å²) in [4.78, 5) is 18.0. The van der Waals surface area contributed by atoms with E-state index in [2.05, 4.69) is 35.5 Å². The summed E-state index contributed by atoms with van der Waals surface area (Å²) >= 11 is 0. The monoisotopic (exact) mass is 358 g/mol. The van der Waals surface area contributed by atoms with Crippen LogP contribution in [-0.2, 0) is 11.3 Å². The van der Waals surface area contributed by atoms with Crippen molar-refractivity contribution in [3.8, 4) is 0 Å². The van der Waals surface area contributed by atoms with Crippen LogP contribution in [0, 0.1) is 0 Å². The minimum absolute atomic E-state index is 0.135. The van der Waals surface area contributed by atoms with Gasteiger partial charge in [0.25, 0.3) is 0 Å². The number of nitrogens with zero attached hydrogens (tertiary/aromatic N) is 1. The fourth-order valence-electron chi connectivity index (χ4n) is 4.45. The maximum Gasteiger partial charge on any atom is 0.410 e. The zero-order valence-corrected chi connectivity index (χ0v) is 15.1. The summed E-state index contributed by atoms with van der Waals surface area (Å²) in [5, 5.41) is 1.25. The van der Waals surface area contributed by atoms with Gasteiger partial charge < -0.3 is 9.72 Å². The van der Waals surface area contributed by atoms with Crippen LogP contribution >= 0.6 is 0 Å². The first-order valence-corrected chi connectivity index (χ1v) is 9.56. The van der Waals surface area contributed by atoms with Gasteiger partial charge in [-0.2, -0.15) is 0 Å². The second-order valence-corrected chi connectivity index (χ2v) is 7.39. The van der Waals surface area contributed by atoms with Gasteiger partial charge in [0.05, 0.1) is 6.04 Å². The molecule has 4 nitrogen and oxygen atoms in total. The molecule has 1 N–H and O–H groups in total. The summed E-state index contributed by atoms with van der Waals surface area (Å²) in [5.74, 6) is 0. The molecule has 1 amide bonds. The zero-order valence-electron chi connectivity index (χ0n) is 15.1.